The molecule has 122 valence electrons. The number of fused-ring (bicyclic) bond motifs is 1. The van der Waals surface area contributed by atoms with Crippen molar-refractivity contribution >= 4 is 17.2 Å². The van der Waals surface area contributed by atoms with E-state index in [-0.39, 0.29) is 11.8 Å². The molecule has 0 unspecified atom stereocenters. The van der Waals surface area contributed by atoms with Crippen LogP contribution in [0.1, 0.15) is 31.5 Å². The van der Waals surface area contributed by atoms with E-state index in [4.69, 9.17) is 0 Å². The molecule has 0 aliphatic heterocycles. The number of aryl methyl sites for hydroxylation is 1. The highest BCUT2D eigenvalue weighted by Crippen LogP contribution is 2.26. The highest BCUT2D eigenvalue weighted by molar-refractivity contribution is 5.92. The van der Waals surface area contributed by atoms with Gasteiger partial charge in [0.15, 0.2) is 11.5 Å². The molecule has 2 heterocycles. The quantitative estimate of drug-likeness (QED) is 0.804. The van der Waals surface area contributed by atoms with Crippen molar-refractivity contribution in [1.29, 1.82) is 0 Å². The number of hydrogen-bond donors (Lipinski definition) is 1. The third kappa shape index (κ3) is 2.75. The van der Waals surface area contributed by atoms with Crippen LogP contribution in [0.3, 0.4) is 0 Å². The maximum Gasteiger partial charge on any atom is 0.227 e. The number of carbonyl (C=O) groups excluding carboxylic acids is 1. The van der Waals surface area contributed by atoms with Crippen molar-refractivity contribution in [2.45, 2.75) is 32.6 Å². The van der Waals surface area contributed by atoms with E-state index < -0.39 is 0 Å². The molecule has 24 heavy (non-hydrogen) atoms. The van der Waals surface area contributed by atoms with Gasteiger partial charge in [0.25, 0.3) is 0 Å². The fraction of sp³-hybridized carbons (Fsp3) is 0.333. The fourth-order valence-corrected chi connectivity index (χ4v) is 3.21. The second kappa shape index (κ2) is 6.03. The number of anilines is 1. The van der Waals surface area contributed by atoms with Crippen molar-refractivity contribution in [1.82, 2.24) is 19.8 Å². The van der Waals surface area contributed by atoms with Crippen molar-refractivity contribution in [2.75, 3.05) is 5.32 Å². The zero-order valence-electron chi connectivity index (χ0n) is 13.6. The molecule has 1 aromatic carbocycles. The van der Waals surface area contributed by atoms with Gasteiger partial charge in [-0.25, -0.2) is 0 Å². The number of hydrogen-bond acceptors (Lipinski definition) is 4. The normalized spacial score (nSPS) is 15.0. The van der Waals surface area contributed by atoms with Crippen molar-refractivity contribution < 1.29 is 4.79 Å². The summed E-state index contributed by atoms with van der Waals surface area (Å²) in [7, 11) is 0. The molecule has 3 aromatic rings. The zero-order chi connectivity index (χ0) is 16.5. The van der Waals surface area contributed by atoms with E-state index in [9.17, 15) is 4.79 Å². The summed E-state index contributed by atoms with van der Waals surface area (Å²) in [5.74, 6) is 1.07. The van der Waals surface area contributed by atoms with Gasteiger partial charge in [0.05, 0.1) is 5.69 Å². The van der Waals surface area contributed by atoms with Gasteiger partial charge in [-0.3, -0.25) is 4.79 Å². The molecule has 1 aliphatic carbocycles. The van der Waals surface area contributed by atoms with Gasteiger partial charge in [-0.15, -0.1) is 10.2 Å². The molecular formula is C18H19N5O. The highest BCUT2D eigenvalue weighted by Gasteiger charge is 2.22. The van der Waals surface area contributed by atoms with E-state index >= 15 is 0 Å². The van der Waals surface area contributed by atoms with E-state index in [1.54, 1.807) is 4.52 Å². The Hall–Kier alpha value is -2.76. The van der Waals surface area contributed by atoms with Crippen molar-refractivity contribution in [3.8, 4) is 11.3 Å². The Labute approximate surface area is 139 Å². The molecule has 1 aliphatic rings. The van der Waals surface area contributed by atoms with Crippen LogP contribution in [0, 0.1) is 12.8 Å². The fourth-order valence-electron chi connectivity index (χ4n) is 3.21. The van der Waals surface area contributed by atoms with E-state index in [0.717, 1.165) is 54.1 Å². The first-order valence-electron chi connectivity index (χ1n) is 8.31. The molecule has 0 saturated heterocycles. The molecule has 0 atom stereocenters. The summed E-state index contributed by atoms with van der Waals surface area (Å²) in [4.78, 5) is 12.2. The molecule has 6 heteroatoms. The van der Waals surface area contributed by atoms with Crippen LogP contribution in [0.4, 0.5) is 5.69 Å². The summed E-state index contributed by atoms with van der Waals surface area (Å²) in [5.41, 5.74) is 3.40. The van der Waals surface area contributed by atoms with Crippen LogP contribution in [0.5, 0.6) is 0 Å². The number of rotatable bonds is 3. The smallest absolute Gasteiger partial charge is 0.227 e. The second-order valence-corrected chi connectivity index (χ2v) is 6.28. The summed E-state index contributed by atoms with van der Waals surface area (Å²) >= 11 is 0. The van der Waals surface area contributed by atoms with Crippen LogP contribution in [0.15, 0.2) is 36.4 Å². The predicted octanol–water partition coefficient (Wildman–Crippen LogP) is 3.23. The van der Waals surface area contributed by atoms with E-state index in [2.05, 4.69) is 20.6 Å². The summed E-state index contributed by atoms with van der Waals surface area (Å²) in [6.07, 6.45) is 4.33. The van der Waals surface area contributed by atoms with Crippen LogP contribution in [0.2, 0.25) is 0 Å². The topological polar surface area (TPSA) is 72.2 Å². The lowest BCUT2D eigenvalue weighted by atomic mass is 10.1. The number of carbonyl (C=O) groups is 1. The molecule has 1 fully saturated rings. The Morgan fingerprint density at radius 2 is 1.83 bits per heavy atom. The molecule has 0 bridgehead atoms. The molecule has 1 N–H and O–H groups in total. The van der Waals surface area contributed by atoms with E-state index in [0.29, 0.717) is 0 Å². The first kappa shape index (κ1) is 14.8. The lowest BCUT2D eigenvalue weighted by Gasteiger charge is -2.10. The molecule has 6 nitrogen and oxygen atoms in total. The number of aromatic nitrogens is 4. The Bertz CT molecular complexity index is 878. The Morgan fingerprint density at radius 1 is 1.08 bits per heavy atom. The maximum absolute atomic E-state index is 12.2. The number of benzene rings is 1. The van der Waals surface area contributed by atoms with Gasteiger partial charge in [-0.1, -0.05) is 25.0 Å². The van der Waals surface area contributed by atoms with Gasteiger partial charge in [0, 0.05) is 17.2 Å². The van der Waals surface area contributed by atoms with Gasteiger partial charge >= 0.3 is 0 Å². The van der Waals surface area contributed by atoms with Gasteiger partial charge in [-0.05, 0) is 44.0 Å². The SMILES string of the molecule is Cc1nnc2ccc(-c3ccc(NC(=O)C4CCCC4)cc3)nn12. The highest BCUT2D eigenvalue weighted by atomic mass is 16.1. The molecular weight excluding hydrogens is 302 g/mol. The first-order chi connectivity index (χ1) is 11.7. The number of amides is 1. The largest absolute Gasteiger partial charge is 0.326 e. The summed E-state index contributed by atoms with van der Waals surface area (Å²) in [6, 6.07) is 11.6. The van der Waals surface area contributed by atoms with Crippen LogP contribution in [0.25, 0.3) is 16.9 Å². The monoisotopic (exact) mass is 321 g/mol. The molecule has 2 aromatic heterocycles. The van der Waals surface area contributed by atoms with Crippen LogP contribution < -0.4 is 5.32 Å². The molecule has 4 rings (SSSR count). The average Bonchev–Trinajstić information content (AvgIpc) is 3.26. The Morgan fingerprint density at radius 3 is 2.58 bits per heavy atom. The lowest BCUT2D eigenvalue weighted by Crippen LogP contribution is -2.20. The van der Waals surface area contributed by atoms with Gasteiger partial charge in [0.1, 0.15) is 0 Å². The van der Waals surface area contributed by atoms with Crippen LogP contribution >= 0.6 is 0 Å². The summed E-state index contributed by atoms with van der Waals surface area (Å²) < 4.78 is 1.73. The van der Waals surface area contributed by atoms with Crippen molar-refractivity contribution in [3.05, 3.63) is 42.2 Å². The predicted molar refractivity (Wildman–Crippen MR) is 91.5 cm³/mol. The first-order valence-corrected chi connectivity index (χ1v) is 8.31. The third-order valence-corrected chi connectivity index (χ3v) is 4.59. The van der Waals surface area contributed by atoms with Gasteiger partial charge in [0.2, 0.25) is 5.91 Å². The molecule has 0 spiro atoms. The minimum atomic E-state index is 0.139. The zero-order valence-corrected chi connectivity index (χ0v) is 13.6. The minimum Gasteiger partial charge on any atom is -0.326 e. The Kier molecular flexibility index (Phi) is 3.72. The van der Waals surface area contributed by atoms with E-state index in [1.165, 1.54) is 0 Å². The minimum absolute atomic E-state index is 0.139. The lowest BCUT2D eigenvalue weighted by molar-refractivity contribution is -0.119. The maximum atomic E-state index is 12.2. The van der Waals surface area contributed by atoms with Crippen molar-refractivity contribution in [3.63, 3.8) is 0 Å². The van der Waals surface area contributed by atoms with Gasteiger partial charge < -0.3 is 5.32 Å². The summed E-state index contributed by atoms with van der Waals surface area (Å²) in [5, 5.41) is 15.6. The number of nitrogens with zero attached hydrogens (tertiary/aromatic N) is 4. The second-order valence-electron chi connectivity index (χ2n) is 6.28. The van der Waals surface area contributed by atoms with E-state index in [1.807, 2.05) is 43.3 Å². The third-order valence-electron chi connectivity index (χ3n) is 4.59. The van der Waals surface area contributed by atoms with Gasteiger partial charge in [-0.2, -0.15) is 9.61 Å². The molecule has 0 radical (unpaired) electrons. The standard InChI is InChI=1S/C18H19N5O/c1-12-20-21-17-11-10-16(22-23(12)17)13-6-8-15(9-7-13)19-18(24)14-4-2-3-5-14/h6-11,14H,2-5H2,1H3,(H,19,24). The Balaban J connectivity index is 1.53. The summed E-state index contributed by atoms with van der Waals surface area (Å²) in [6.45, 7) is 1.87. The average molecular weight is 321 g/mol. The molecule has 1 amide bonds. The number of nitrogens with one attached hydrogen (secondary N) is 1. The molecule has 1 saturated carbocycles. The van der Waals surface area contributed by atoms with Crippen LogP contribution in [-0.2, 0) is 4.79 Å². The van der Waals surface area contributed by atoms with Crippen molar-refractivity contribution in [2.24, 2.45) is 5.92 Å². The van der Waals surface area contributed by atoms with Crippen LogP contribution in [-0.4, -0.2) is 25.7 Å².